The fraction of sp³-hybridized carbons (Fsp3) is 0.750. The maximum absolute atomic E-state index is 5.58. The molecule has 1 atom stereocenters. The summed E-state index contributed by atoms with van der Waals surface area (Å²) in [6.45, 7) is 4.42. The molecule has 1 unspecified atom stereocenters. The first kappa shape index (κ1) is 11.3. The van der Waals surface area contributed by atoms with E-state index in [1.165, 1.54) is 31.4 Å². The summed E-state index contributed by atoms with van der Waals surface area (Å²) in [5.74, 6) is 0. The van der Waals surface area contributed by atoms with Crippen LogP contribution in [0.1, 0.15) is 52.4 Å². The minimum atomic E-state index is 0.256. The molecule has 0 saturated heterocycles. The number of rotatable bonds is 6. The number of unbranched alkanes of at least 4 members (excludes halogenated alkanes) is 2. The first-order valence-corrected chi connectivity index (χ1v) is 5.75. The van der Waals surface area contributed by atoms with Gasteiger partial charge in [0.2, 0.25) is 0 Å². The average molecular weight is 195 g/mol. The van der Waals surface area contributed by atoms with Crippen LogP contribution in [0.5, 0.6) is 0 Å². The zero-order valence-electron chi connectivity index (χ0n) is 9.33. The molecule has 0 spiro atoms. The molecule has 80 valence electrons. The van der Waals surface area contributed by atoms with E-state index >= 15 is 0 Å². The van der Waals surface area contributed by atoms with Gasteiger partial charge in [0.15, 0.2) is 0 Å². The minimum absolute atomic E-state index is 0.256. The highest BCUT2D eigenvalue weighted by molar-refractivity contribution is 5.89. The second kappa shape index (κ2) is 6.63. The van der Waals surface area contributed by atoms with Crippen molar-refractivity contribution in [2.45, 2.75) is 58.5 Å². The molecule has 0 aromatic carbocycles. The van der Waals surface area contributed by atoms with Crippen molar-refractivity contribution in [3.8, 4) is 0 Å². The molecular weight excluding hydrogens is 174 g/mol. The van der Waals surface area contributed by atoms with E-state index in [1.54, 1.807) is 12.5 Å². The Kier molecular flexibility index (Phi) is 5.35. The third-order valence-electron chi connectivity index (χ3n) is 2.52. The second-order valence-electron chi connectivity index (χ2n) is 3.78. The smallest absolute Gasteiger partial charge is 0.136 e. The molecule has 0 saturated carbocycles. The van der Waals surface area contributed by atoms with Gasteiger partial charge in [-0.1, -0.05) is 26.7 Å². The van der Waals surface area contributed by atoms with E-state index in [1.807, 2.05) is 0 Å². The Balaban J connectivity index is 2.40. The van der Waals surface area contributed by atoms with Crippen molar-refractivity contribution in [3.05, 3.63) is 12.5 Å². The quantitative estimate of drug-likeness (QED) is 0.633. The van der Waals surface area contributed by atoms with E-state index in [4.69, 9.17) is 4.74 Å². The molecule has 0 fully saturated rings. The largest absolute Gasteiger partial charge is 0.490 e. The topological polar surface area (TPSA) is 21.6 Å². The van der Waals surface area contributed by atoms with E-state index < -0.39 is 0 Å². The van der Waals surface area contributed by atoms with Gasteiger partial charge >= 0.3 is 0 Å². The van der Waals surface area contributed by atoms with E-state index in [9.17, 15) is 0 Å². The Labute approximate surface area is 87.1 Å². The Bertz CT molecular complexity index is 208. The van der Waals surface area contributed by atoms with Crippen LogP contribution in [0.2, 0.25) is 0 Å². The van der Waals surface area contributed by atoms with Crippen LogP contribution < -0.4 is 0 Å². The first-order valence-electron chi connectivity index (χ1n) is 5.75. The van der Waals surface area contributed by atoms with Crippen molar-refractivity contribution in [1.82, 2.24) is 0 Å². The standard InChI is InChI=1S/C12H21NO/c1-3-5-7-11-12(8-6-4-2)14-10-9-13-11/h9-10,12H,3-8H2,1-2H3. The number of ether oxygens (including phenoxy) is 1. The molecule has 1 rings (SSSR count). The Morgan fingerprint density at radius 1 is 1.29 bits per heavy atom. The third kappa shape index (κ3) is 3.52. The van der Waals surface area contributed by atoms with Crippen LogP contribution in [0.4, 0.5) is 0 Å². The van der Waals surface area contributed by atoms with Crippen LogP contribution in [0.3, 0.4) is 0 Å². The number of hydrogen-bond acceptors (Lipinski definition) is 2. The summed E-state index contributed by atoms with van der Waals surface area (Å²) in [6, 6.07) is 0. The van der Waals surface area contributed by atoms with Gasteiger partial charge in [-0.05, 0) is 25.7 Å². The SMILES string of the molecule is CCCCC1=NC=COC1CCCC. The summed E-state index contributed by atoms with van der Waals surface area (Å²) in [5.41, 5.74) is 1.24. The average Bonchev–Trinajstić information content (AvgIpc) is 2.24. The van der Waals surface area contributed by atoms with Crippen LogP contribution in [-0.4, -0.2) is 11.8 Å². The van der Waals surface area contributed by atoms with Gasteiger partial charge in [0.05, 0.1) is 11.9 Å². The summed E-state index contributed by atoms with van der Waals surface area (Å²) in [5, 5.41) is 0. The summed E-state index contributed by atoms with van der Waals surface area (Å²) in [7, 11) is 0. The molecule has 2 nitrogen and oxygen atoms in total. The van der Waals surface area contributed by atoms with Crippen LogP contribution in [0, 0.1) is 0 Å². The fourth-order valence-corrected chi connectivity index (χ4v) is 1.63. The third-order valence-corrected chi connectivity index (χ3v) is 2.52. The minimum Gasteiger partial charge on any atom is -0.490 e. The molecule has 0 N–H and O–H groups in total. The highest BCUT2D eigenvalue weighted by atomic mass is 16.5. The first-order chi connectivity index (χ1) is 6.88. The highest BCUT2D eigenvalue weighted by Gasteiger charge is 2.16. The lowest BCUT2D eigenvalue weighted by Gasteiger charge is -2.20. The van der Waals surface area contributed by atoms with Gasteiger partial charge in [0.25, 0.3) is 0 Å². The zero-order chi connectivity index (χ0) is 10.2. The van der Waals surface area contributed by atoms with E-state index in [0.717, 1.165) is 12.8 Å². The lowest BCUT2D eigenvalue weighted by molar-refractivity contribution is 0.184. The van der Waals surface area contributed by atoms with Crippen molar-refractivity contribution in [2.24, 2.45) is 4.99 Å². The molecule has 0 amide bonds. The maximum Gasteiger partial charge on any atom is 0.136 e. The normalized spacial score (nSPS) is 20.4. The molecule has 0 aromatic rings. The van der Waals surface area contributed by atoms with Gasteiger partial charge < -0.3 is 4.74 Å². The van der Waals surface area contributed by atoms with E-state index in [0.29, 0.717) is 0 Å². The van der Waals surface area contributed by atoms with Gasteiger partial charge in [-0.3, -0.25) is 4.99 Å². The maximum atomic E-state index is 5.58. The van der Waals surface area contributed by atoms with Gasteiger partial charge in [-0.25, -0.2) is 0 Å². The Morgan fingerprint density at radius 3 is 2.79 bits per heavy atom. The monoisotopic (exact) mass is 195 g/mol. The van der Waals surface area contributed by atoms with Gasteiger partial charge in [-0.2, -0.15) is 0 Å². The highest BCUT2D eigenvalue weighted by Crippen LogP contribution is 2.15. The number of nitrogens with zero attached hydrogens (tertiary/aromatic N) is 1. The second-order valence-corrected chi connectivity index (χ2v) is 3.78. The fourth-order valence-electron chi connectivity index (χ4n) is 1.63. The van der Waals surface area contributed by atoms with Crippen molar-refractivity contribution in [3.63, 3.8) is 0 Å². The molecule has 2 heteroatoms. The summed E-state index contributed by atoms with van der Waals surface area (Å²) < 4.78 is 5.58. The van der Waals surface area contributed by atoms with Crippen molar-refractivity contribution in [1.29, 1.82) is 0 Å². The molecule has 0 bridgehead atoms. The lowest BCUT2D eigenvalue weighted by Crippen LogP contribution is -2.24. The molecule has 0 aliphatic carbocycles. The Hall–Kier alpha value is -0.790. The van der Waals surface area contributed by atoms with Crippen molar-refractivity contribution in [2.75, 3.05) is 0 Å². The van der Waals surface area contributed by atoms with Crippen LogP contribution in [0.25, 0.3) is 0 Å². The number of hydrogen-bond donors (Lipinski definition) is 0. The summed E-state index contributed by atoms with van der Waals surface area (Å²) in [6.07, 6.45) is 10.9. The summed E-state index contributed by atoms with van der Waals surface area (Å²) in [4.78, 5) is 4.41. The molecule has 14 heavy (non-hydrogen) atoms. The van der Waals surface area contributed by atoms with Crippen LogP contribution in [0.15, 0.2) is 17.5 Å². The molecule has 0 radical (unpaired) electrons. The predicted molar refractivity (Wildman–Crippen MR) is 60.5 cm³/mol. The zero-order valence-corrected chi connectivity index (χ0v) is 9.33. The summed E-state index contributed by atoms with van der Waals surface area (Å²) >= 11 is 0. The van der Waals surface area contributed by atoms with Gasteiger partial charge in [0, 0.05) is 0 Å². The molecular formula is C12H21NO. The molecule has 1 aliphatic rings. The van der Waals surface area contributed by atoms with E-state index in [2.05, 4.69) is 18.8 Å². The Morgan fingerprint density at radius 2 is 2.07 bits per heavy atom. The van der Waals surface area contributed by atoms with Gasteiger partial charge in [0.1, 0.15) is 12.4 Å². The van der Waals surface area contributed by atoms with Crippen molar-refractivity contribution >= 4 is 5.71 Å². The molecule has 1 aliphatic heterocycles. The van der Waals surface area contributed by atoms with E-state index in [-0.39, 0.29) is 6.10 Å². The van der Waals surface area contributed by atoms with Crippen molar-refractivity contribution < 1.29 is 4.74 Å². The number of aliphatic imine (C=N–C) groups is 1. The van der Waals surface area contributed by atoms with Crippen LogP contribution >= 0.6 is 0 Å². The van der Waals surface area contributed by atoms with Gasteiger partial charge in [-0.15, -0.1) is 0 Å². The predicted octanol–water partition coefficient (Wildman–Crippen LogP) is 3.68. The lowest BCUT2D eigenvalue weighted by atomic mass is 10.0. The molecule has 1 heterocycles. The van der Waals surface area contributed by atoms with Crippen LogP contribution in [-0.2, 0) is 4.74 Å². The molecule has 0 aromatic heterocycles.